The van der Waals surface area contributed by atoms with Crippen LogP contribution < -0.4 is 10.6 Å². The molecule has 0 radical (unpaired) electrons. The molecule has 0 aromatic heterocycles. The molecular weight excluding hydrogens is 444 g/mol. The molecule has 2 heterocycles. The van der Waals surface area contributed by atoms with Gasteiger partial charge in [-0.15, -0.1) is 0 Å². The van der Waals surface area contributed by atoms with Gasteiger partial charge in [0.05, 0.1) is 12.2 Å². The molecule has 36 heavy (non-hydrogen) atoms. The van der Waals surface area contributed by atoms with E-state index in [4.69, 9.17) is 0 Å². The number of benzene rings is 2. The van der Waals surface area contributed by atoms with Crippen molar-refractivity contribution in [1.82, 2.24) is 10.6 Å². The van der Waals surface area contributed by atoms with Crippen LogP contribution in [-0.4, -0.2) is 48.6 Å². The molecule has 0 bridgehead atoms. The van der Waals surface area contributed by atoms with Gasteiger partial charge in [-0.1, -0.05) is 12.1 Å². The Morgan fingerprint density at radius 2 is 0.944 bits per heavy atom. The first-order valence-corrected chi connectivity index (χ1v) is 13.9. The zero-order valence-electron chi connectivity index (χ0n) is 24.0. The summed E-state index contributed by atoms with van der Waals surface area (Å²) < 4.78 is 0. The van der Waals surface area contributed by atoms with E-state index < -0.39 is 0 Å². The van der Waals surface area contributed by atoms with Crippen molar-refractivity contribution in [3.63, 3.8) is 0 Å². The van der Waals surface area contributed by atoms with E-state index in [1.54, 1.807) is 0 Å². The fraction of sp³-hybridized carbons (Fsp3) is 0.625. The van der Waals surface area contributed by atoms with Crippen molar-refractivity contribution in [2.24, 2.45) is 11.8 Å². The topological polar surface area (TPSA) is 64.5 Å². The molecule has 2 fully saturated rings. The summed E-state index contributed by atoms with van der Waals surface area (Å²) in [5, 5.41) is 26.6. The van der Waals surface area contributed by atoms with Crippen molar-refractivity contribution in [3.05, 3.63) is 67.8 Å². The summed E-state index contributed by atoms with van der Waals surface area (Å²) in [5.74, 6) is 0.818. The van der Waals surface area contributed by atoms with Gasteiger partial charge >= 0.3 is 0 Å². The summed E-state index contributed by atoms with van der Waals surface area (Å²) >= 11 is 0. The van der Waals surface area contributed by atoms with E-state index in [0.717, 1.165) is 51.9 Å². The Bertz CT molecular complexity index is 962. The molecule has 0 saturated carbocycles. The number of hydrogen-bond acceptors (Lipinski definition) is 4. The highest BCUT2D eigenvalue weighted by atomic mass is 16.3. The number of aryl methyl sites for hydroxylation is 2. The predicted molar refractivity (Wildman–Crippen MR) is 152 cm³/mol. The molecule has 2 aliphatic rings. The summed E-state index contributed by atoms with van der Waals surface area (Å²) in [6.45, 7) is 21.2. The molecule has 2 aromatic carbocycles. The van der Waals surface area contributed by atoms with E-state index in [1.807, 2.05) is 0 Å². The lowest BCUT2D eigenvalue weighted by atomic mass is 9.84. The van der Waals surface area contributed by atoms with Crippen molar-refractivity contribution >= 4 is 0 Å². The molecule has 4 nitrogen and oxygen atoms in total. The molecular formula is C32H50N2O2. The lowest BCUT2D eigenvalue weighted by molar-refractivity contribution is 0.0818. The highest BCUT2D eigenvalue weighted by Gasteiger charge is 2.25. The fourth-order valence-electron chi connectivity index (χ4n) is 5.85. The van der Waals surface area contributed by atoms with Crippen molar-refractivity contribution < 1.29 is 10.2 Å². The van der Waals surface area contributed by atoms with Gasteiger partial charge in [0.1, 0.15) is 0 Å². The summed E-state index contributed by atoms with van der Waals surface area (Å²) in [7, 11) is 0. The van der Waals surface area contributed by atoms with Crippen LogP contribution in [-0.2, 0) is 12.8 Å². The number of aliphatic hydroxyl groups is 2. The minimum absolute atomic E-state index is 0.194. The van der Waals surface area contributed by atoms with Gasteiger partial charge in [-0.3, -0.25) is 0 Å². The molecule has 0 unspecified atom stereocenters. The Labute approximate surface area is 219 Å². The SMILES string of the molecule is Cc1cc(C[C@@H]2CCNC[C@@H]2O)c(C)c(C)c1C.Cc1cc(C[C@H]2CCNC[C@H]2O)c(C)c(C)c1C. The Balaban J connectivity index is 0.000000201. The van der Waals surface area contributed by atoms with Gasteiger partial charge in [-0.05, 0) is 162 Å². The van der Waals surface area contributed by atoms with Gasteiger partial charge in [-0.2, -0.15) is 0 Å². The van der Waals surface area contributed by atoms with Crippen LogP contribution in [0.3, 0.4) is 0 Å². The Morgan fingerprint density at radius 3 is 1.28 bits per heavy atom. The van der Waals surface area contributed by atoms with Crippen molar-refractivity contribution in [2.45, 2.75) is 93.3 Å². The van der Waals surface area contributed by atoms with E-state index in [1.165, 1.54) is 55.6 Å². The Hall–Kier alpha value is -1.72. The molecule has 4 heteroatoms. The van der Waals surface area contributed by atoms with E-state index in [9.17, 15) is 10.2 Å². The largest absolute Gasteiger partial charge is 0.392 e. The number of rotatable bonds is 4. The second-order valence-corrected chi connectivity index (χ2v) is 11.5. The molecule has 4 rings (SSSR count). The molecule has 2 aromatic rings. The number of piperidine rings is 2. The van der Waals surface area contributed by atoms with Gasteiger partial charge in [0.25, 0.3) is 0 Å². The molecule has 4 atom stereocenters. The van der Waals surface area contributed by atoms with Crippen molar-refractivity contribution in [3.8, 4) is 0 Å². The van der Waals surface area contributed by atoms with Crippen LogP contribution in [0.1, 0.15) is 68.5 Å². The quantitative estimate of drug-likeness (QED) is 0.490. The molecule has 4 N–H and O–H groups in total. The fourth-order valence-corrected chi connectivity index (χ4v) is 5.85. The van der Waals surface area contributed by atoms with E-state index in [0.29, 0.717) is 11.8 Å². The number of aliphatic hydroxyl groups excluding tert-OH is 2. The molecule has 200 valence electrons. The van der Waals surface area contributed by atoms with Crippen molar-refractivity contribution in [1.29, 1.82) is 0 Å². The molecule has 0 aliphatic carbocycles. The normalized spacial score (nSPS) is 24.3. The average Bonchev–Trinajstić information content (AvgIpc) is 2.86. The zero-order valence-corrected chi connectivity index (χ0v) is 24.0. The van der Waals surface area contributed by atoms with Crippen LogP contribution in [0.15, 0.2) is 12.1 Å². The molecule has 2 saturated heterocycles. The first-order chi connectivity index (χ1) is 17.0. The maximum atomic E-state index is 10.1. The van der Waals surface area contributed by atoms with Crippen LogP contribution in [0.5, 0.6) is 0 Å². The van der Waals surface area contributed by atoms with Gasteiger partial charge in [-0.25, -0.2) is 0 Å². The minimum Gasteiger partial charge on any atom is -0.392 e. The van der Waals surface area contributed by atoms with E-state index >= 15 is 0 Å². The van der Waals surface area contributed by atoms with Gasteiger partial charge < -0.3 is 20.8 Å². The molecule has 0 amide bonds. The van der Waals surface area contributed by atoms with Crippen LogP contribution in [0.2, 0.25) is 0 Å². The summed E-state index contributed by atoms with van der Waals surface area (Å²) in [4.78, 5) is 0. The maximum Gasteiger partial charge on any atom is 0.0696 e. The lowest BCUT2D eigenvalue weighted by Gasteiger charge is -2.29. The lowest BCUT2D eigenvalue weighted by Crippen LogP contribution is -2.41. The van der Waals surface area contributed by atoms with Crippen LogP contribution in [0, 0.1) is 67.2 Å². The van der Waals surface area contributed by atoms with Gasteiger partial charge in [0.2, 0.25) is 0 Å². The maximum absolute atomic E-state index is 10.1. The first kappa shape index (κ1) is 28.8. The molecule has 0 spiro atoms. The first-order valence-electron chi connectivity index (χ1n) is 13.9. The zero-order chi connectivity index (χ0) is 26.6. The third-order valence-electron chi connectivity index (χ3n) is 9.32. The van der Waals surface area contributed by atoms with Crippen LogP contribution in [0.4, 0.5) is 0 Å². The Kier molecular flexibility index (Phi) is 10.2. The van der Waals surface area contributed by atoms with Gasteiger partial charge in [0, 0.05) is 13.1 Å². The minimum atomic E-state index is -0.194. The van der Waals surface area contributed by atoms with E-state index in [2.05, 4.69) is 78.2 Å². The van der Waals surface area contributed by atoms with Gasteiger partial charge in [0.15, 0.2) is 0 Å². The summed E-state index contributed by atoms with van der Waals surface area (Å²) in [6.07, 6.45) is 3.78. The smallest absolute Gasteiger partial charge is 0.0696 e. The monoisotopic (exact) mass is 494 g/mol. The summed E-state index contributed by atoms with van der Waals surface area (Å²) in [6, 6.07) is 4.62. The number of nitrogens with one attached hydrogen (secondary N) is 2. The third-order valence-corrected chi connectivity index (χ3v) is 9.32. The Morgan fingerprint density at radius 1 is 0.583 bits per heavy atom. The van der Waals surface area contributed by atoms with E-state index in [-0.39, 0.29) is 12.2 Å². The second kappa shape index (κ2) is 12.7. The van der Waals surface area contributed by atoms with Crippen LogP contribution in [0.25, 0.3) is 0 Å². The highest BCUT2D eigenvalue weighted by molar-refractivity contribution is 5.44. The van der Waals surface area contributed by atoms with Crippen LogP contribution >= 0.6 is 0 Å². The second-order valence-electron chi connectivity index (χ2n) is 11.5. The average molecular weight is 495 g/mol. The predicted octanol–water partition coefficient (Wildman–Crippen LogP) is 4.87. The summed E-state index contributed by atoms with van der Waals surface area (Å²) in [5.41, 5.74) is 14.0. The number of β-amino-alcohol motifs (C(OH)–C–C–N with tert-alkyl or cyclic N) is 2. The number of hydrogen-bond donors (Lipinski definition) is 4. The third kappa shape index (κ3) is 6.77. The highest BCUT2D eigenvalue weighted by Crippen LogP contribution is 2.27. The molecule has 2 aliphatic heterocycles. The van der Waals surface area contributed by atoms with Crippen molar-refractivity contribution in [2.75, 3.05) is 26.2 Å². The standard InChI is InChI=1S/2C16H25NO/c2*1-10-7-15(13(4)12(3)11(10)2)8-14-5-6-17-9-16(14)18/h2*7,14,16-18H,5-6,8-9H2,1-4H3/t2*14-,16-/m10/s1.